The summed E-state index contributed by atoms with van der Waals surface area (Å²) in [4.78, 5) is 15.5. The van der Waals surface area contributed by atoms with Gasteiger partial charge in [-0.05, 0) is 22.6 Å². The number of nitrogens with one attached hydrogen (secondary N) is 1. The number of carboxylic acid groups (broad SMARTS) is 1. The molecule has 3 heterocycles. The molecule has 0 bridgehead atoms. The first-order valence-corrected chi connectivity index (χ1v) is 5.68. The zero-order chi connectivity index (χ0) is 14.1. The molecule has 20 heavy (non-hydrogen) atoms. The maximum atomic E-state index is 11.3. The number of tetrazole rings is 1. The van der Waals surface area contributed by atoms with Crippen molar-refractivity contribution < 1.29 is 14.6 Å². The highest BCUT2D eigenvalue weighted by atomic mass is 16.5. The van der Waals surface area contributed by atoms with Crippen LogP contribution in [0.1, 0.15) is 11.8 Å². The molecule has 0 aliphatic heterocycles. The molecule has 0 aromatic carbocycles. The number of aromatic nitrogens is 6. The summed E-state index contributed by atoms with van der Waals surface area (Å²) in [5.74, 6) is -0.694. The van der Waals surface area contributed by atoms with Gasteiger partial charge in [0.25, 0.3) is 0 Å². The average molecular weight is 274 g/mol. The highest BCUT2D eigenvalue weighted by molar-refractivity contribution is 5.74. The van der Waals surface area contributed by atoms with E-state index in [1.165, 1.54) is 7.11 Å². The van der Waals surface area contributed by atoms with Crippen LogP contribution >= 0.6 is 0 Å². The van der Waals surface area contributed by atoms with Gasteiger partial charge in [-0.3, -0.25) is 4.40 Å². The first kappa shape index (κ1) is 12.2. The van der Waals surface area contributed by atoms with E-state index < -0.39 is 12.1 Å². The molecule has 1 unspecified atom stereocenters. The van der Waals surface area contributed by atoms with Gasteiger partial charge in [0.15, 0.2) is 11.9 Å². The van der Waals surface area contributed by atoms with Gasteiger partial charge in [0.1, 0.15) is 11.3 Å². The monoisotopic (exact) mass is 274 g/mol. The molecule has 3 aromatic rings. The van der Waals surface area contributed by atoms with Crippen molar-refractivity contribution >= 4 is 11.6 Å². The third-order valence-electron chi connectivity index (χ3n) is 2.88. The summed E-state index contributed by atoms with van der Waals surface area (Å²) in [6.07, 6.45) is 0.456. The SMILES string of the molecule is COC(C(=O)O)c1cccc2ncc(-c3nnn[nH]3)n12. The topological polar surface area (TPSA) is 118 Å². The number of carboxylic acids is 1. The summed E-state index contributed by atoms with van der Waals surface area (Å²) in [6, 6.07) is 5.13. The Morgan fingerprint density at radius 1 is 1.50 bits per heavy atom. The molecule has 9 heteroatoms. The van der Waals surface area contributed by atoms with Crippen LogP contribution in [0.3, 0.4) is 0 Å². The molecule has 0 aliphatic rings. The smallest absolute Gasteiger partial charge is 0.339 e. The lowest BCUT2D eigenvalue weighted by molar-refractivity contribution is -0.149. The number of imidazole rings is 1. The minimum atomic E-state index is -1.11. The molecule has 0 saturated heterocycles. The maximum Gasteiger partial charge on any atom is 0.339 e. The van der Waals surface area contributed by atoms with Crippen LogP contribution in [-0.2, 0) is 9.53 Å². The second-order valence-corrected chi connectivity index (χ2v) is 3.99. The van der Waals surface area contributed by atoms with Crippen LogP contribution in [0.25, 0.3) is 17.2 Å². The number of pyridine rings is 1. The molecular formula is C11H10N6O3. The zero-order valence-electron chi connectivity index (χ0n) is 10.4. The number of hydrogen-bond acceptors (Lipinski definition) is 6. The van der Waals surface area contributed by atoms with Gasteiger partial charge in [-0.1, -0.05) is 6.07 Å². The third kappa shape index (κ3) is 1.80. The van der Waals surface area contributed by atoms with Gasteiger partial charge in [-0.15, -0.1) is 5.10 Å². The lowest BCUT2D eigenvalue weighted by Gasteiger charge is -2.13. The van der Waals surface area contributed by atoms with Crippen molar-refractivity contribution in [3.05, 3.63) is 30.1 Å². The summed E-state index contributed by atoms with van der Waals surface area (Å²) < 4.78 is 6.68. The number of fused-ring (bicyclic) bond motifs is 1. The highest BCUT2D eigenvalue weighted by Crippen LogP contribution is 2.24. The Balaban J connectivity index is 2.27. The van der Waals surface area contributed by atoms with Gasteiger partial charge in [0.2, 0.25) is 0 Å². The van der Waals surface area contributed by atoms with Crippen molar-refractivity contribution in [1.29, 1.82) is 0 Å². The molecule has 0 aliphatic carbocycles. The van der Waals surface area contributed by atoms with Gasteiger partial charge >= 0.3 is 5.97 Å². The predicted molar refractivity (Wildman–Crippen MR) is 65.7 cm³/mol. The molecule has 0 radical (unpaired) electrons. The van der Waals surface area contributed by atoms with Crippen molar-refractivity contribution in [2.75, 3.05) is 7.11 Å². The number of aliphatic carboxylic acids is 1. The molecule has 102 valence electrons. The van der Waals surface area contributed by atoms with E-state index in [1.807, 2.05) is 0 Å². The van der Waals surface area contributed by atoms with Gasteiger partial charge < -0.3 is 9.84 Å². The molecule has 9 nitrogen and oxygen atoms in total. The minimum absolute atomic E-state index is 0.394. The summed E-state index contributed by atoms with van der Waals surface area (Å²) in [6.45, 7) is 0. The molecule has 0 spiro atoms. The fraction of sp³-hybridized carbons (Fsp3) is 0.182. The number of ether oxygens (including phenoxy) is 1. The summed E-state index contributed by atoms with van der Waals surface area (Å²) >= 11 is 0. The summed E-state index contributed by atoms with van der Waals surface area (Å²) in [5, 5.41) is 22.7. The van der Waals surface area contributed by atoms with Crippen LogP contribution in [0.5, 0.6) is 0 Å². The largest absolute Gasteiger partial charge is 0.479 e. The second kappa shape index (κ2) is 4.70. The Morgan fingerprint density at radius 2 is 2.35 bits per heavy atom. The zero-order valence-corrected chi connectivity index (χ0v) is 10.4. The number of carbonyl (C=O) groups is 1. The first-order valence-electron chi connectivity index (χ1n) is 5.68. The summed E-state index contributed by atoms with van der Waals surface area (Å²) in [5.41, 5.74) is 1.57. The van der Waals surface area contributed by atoms with Crippen molar-refractivity contribution in [3.8, 4) is 11.5 Å². The predicted octanol–water partition coefficient (Wildman–Crippen LogP) is 0.286. The van der Waals surface area contributed by atoms with E-state index in [9.17, 15) is 9.90 Å². The first-order chi connectivity index (χ1) is 9.72. The lowest BCUT2D eigenvalue weighted by atomic mass is 10.2. The standard InChI is InChI=1S/C11H10N6O3/c1-20-9(11(18)19)6-3-2-4-8-12-5-7(17(6)8)10-13-15-16-14-10/h2-5,9H,1H3,(H,18,19)(H,13,14,15,16). The number of hydrogen-bond donors (Lipinski definition) is 2. The van der Waals surface area contributed by atoms with E-state index >= 15 is 0 Å². The Labute approximate surface area is 112 Å². The van der Waals surface area contributed by atoms with Gasteiger partial charge in [-0.25, -0.2) is 14.9 Å². The highest BCUT2D eigenvalue weighted by Gasteiger charge is 2.24. The van der Waals surface area contributed by atoms with Gasteiger partial charge in [0.05, 0.1) is 11.9 Å². The Hall–Kier alpha value is -2.81. The van der Waals surface area contributed by atoms with E-state index in [2.05, 4.69) is 25.6 Å². The average Bonchev–Trinajstić information content (AvgIpc) is 3.07. The lowest BCUT2D eigenvalue weighted by Crippen LogP contribution is -2.17. The molecule has 0 saturated carbocycles. The van der Waals surface area contributed by atoms with E-state index in [4.69, 9.17) is 4.74 Å². The van der Waals surface area contributed by atoms with Crippen LogP contribution < -0.4 is 0 Å². The number of rotatable bonds is 4. The number of H-pyrrole nitrogens is 1. The summed E-state index contributed by atoms with van der Waals surface area (Å²) in [7, 11) is 1.34. The fourth-order valence-corrected chi connectivity index (χ4v) is 2.05. The Kier molecular flexibility index (Phi) is 2.88. The van der Waals surface area contributed by atoms with Crippen molar-refractivity contribution in [2.45, 2.75) is 6.10 Å². The number of aromatic amines is 1. The van der Waals surface area contributed by atoms with Gasteiger partial charge in [-0.2, -0.15) is 0 Å². The van der Waals surface area contributed by atoms with Crippen molar-refractivity contribution in [2.24, 2.45) is 0 Å². The number of methoxy groups -OCH3 is 1. The van der Waals surface area contributed by atoms with Crippen LogP contribution in [0.2, 0.25) is 0 Å². The molecule has 1 atom stereocenters. The maximum absolute atomic E-state index is 11.3. The molecule has 3 rings (SSSR count). The molecule has 3 aromatic heterocycles. The molecule has 2 N–H and O–H groups in total. The van der Waals surface area contributed by atoms with Crippen LogP contribution in [0.15, 0.2) is 24.4 Å². The Morgan fingerprint density at radius 3 is 3.00 bits per heavy atom. The number of nitrogens with zero attached hydrogens (tertiary/aromatic N) is 5. The third-order valence-corrected chi connectivity index (χ3v) is 2.88. The molecular weight excluding hydrogens is 264 g/mol. The van der Waals surface area contributed by atoms with Gasteiger partial charge in [0, 0.05) is 7.11 Å². The minimum Gasteiger partial charge on any atom is -0.479 e. The Bertz CT molecular complexity index is 751. The molecule has 0 fully saturated rings. The van der Waals surface area contributed by atoms with Crippen LogP contribution in [-0.4, -0.2) is 48.2 Å². The quantitative estimate of drug-likeness (QED) is 0.701. The normalized spacial score (nSPS) is 12.7. The van der Waals surface area contributed by atoms with Crippen LogP contribution in [0, 0.1) is 0 Å². The van der Waals surface area contributed by atoms with Crippen molar-refractivity contribution in [1.82, 2.24) is 30.0 Å². The van der Waals surface area contributed by atoms with E-state index in [0.29, 0.717) is 22.9 Å². The fourth-order valence-electron chi connectivity index (χ4n) is 2.05. The van der Waals surface area contributed by atoms with Crippen LogP contribution in [0.4, 0.5) is 0 Å². The van der Waals surface area contributed by atoms with Crippen molar-refractivity contribution in [3.63, 3.8) is 0 Å². The van der Waals surface area contributed by atoms with E-state index in [-0.39, 0.29) is 0 Å². The molecule has 0 amide bonds. The second-order valence-electron chi connectivity index (χ2n) is 3.99. The van der Waals surface area contributed by atoms with E-state index in [1.54, 1.807) is 28.8 Å². The van der Waals surface area contributed by atoms with E-state index in [0.717, 1.165) is 0 Å².